The SMILES string of the molecule is O=C(NC1CCC(CNc2ccccc2)CC1)c1cc(Cl)ncc1Cl. The molecule has 25 heavy (non-hydrogen) atoms. The van der Waals surface area contributed by atoms with Crippen LogP contribution in [0.15, 0.2) is 42.6 Å². The molecule has 0 spiro atoms. The molecule has 1 saturated carbocycles. The molecule has 0 unspecified atom stereocenters. The molecule has 1 aromatic carbocycles. The third kappa shape index (κ3) is 5.10. The first-order chi connectivity index (χ1) is 12.1. The molecule has 1 aromatic heterocycles. The molecule has 0 bridgehead atoms. The number of rotatable bonds is 5. The minimum Gasteiger partial charge on any atom is -0.385 e. The highest BCUT2D eigenvalue weighted by molar-refractivity contribution is 6.35. The molecule has 0 radical (unpaired) electrons. The molecule has 0 saturated heterocycles. The minimum atomic E-state index is -0.180. The Hall–Kier alpha value is -1.78. The number of carbonyl (C=O) groups is 1. The van der Waals surface area contributed by atoms with E-state index in [4.69, 9.17) is 23.2 Å². The molecule has 2 N–H and O–H groups in total. The molecule has 2 aromatic rings. The third-order valence-corrected chi connectivity index (χ3v) is 5.13. The minimum absolute atomic E-state index is 0.180. The summed E-state index contributed by atoms with van der Waals surface area (Å²) in [5, 5.41) is 7.14. The molecule has 132 valence electrons. The molecule has 1 heterocycles. The summed E-state index contributed by atoms with van der Waals surface area (Å²) in [5.74, 6) is 0.451. The van der Waals surface area contributed by atoms with Gasteiger partial charge in [0.25, 0.3) is 5.91 Å². The van der Waals surface area contributed by atoms with Crippen LogP contribution in [0.4, 0.5) is 5.69 Å². The molecule has 1 fully saturated rings. The van der Waals surface area contributed by atoms with Gasteiger partial charge in [0.1, 0.15) is 5.15 Å². The smallest absolute Gasteiger partial charge is 0.253 e. The number of pyridine rings is 1. The van der Waals surface area contributed by atoms with Crippen molar-refractivity contribution in [1.29, 1.82) is 0 Å². The van der Waals surface area contributed by atoms with Crippen LogP contribution < -0.4 is 10.6 Å². The summed E-state index contributed by atoms with van der Waals surface area (Å²) in [6.45, 7) is 0.969. The molecular formula is C19H21Cl2N3O. The number of carbonyl (C=O) groups excluding carboxylic acids is 1. The second kappa shape index (κ2) is 8.54. The normalized spacial score (nSPS) is 20.1. The van der Waals surface area contributed by atoms with Crippen molar-refractivity contribution in [3.8, 4) is 0 Å². The quantitative estimate of drug-likeness (QED) is 0.736. The van der Waals surface area contributed by atoms with Crippen LogP contribution in [0, 0.1) is 5.92 Å². The number of anilines is 1. The summed E-state index contributed by atoms with van der Waals surface area (Å²) in [5.41, 5.74) is 1.54. The summed E-state index contributed by atoms with van der Waals surface area (Å²) in [4.78, 5) is 16.3. The van der Waals surface area contributed by atoms with Crippen LogP contribution in [0.2, 0.25) is 10.2 Å². The van der Waals surface area contributed by atoms with E-state index in [-0.39, 0.29) is 17.1 Å². The van der Waals surface area contributed by atoms with Gasteiger partial charge in [0.15, 0.2) is 0 Å². The van der Waals surface area contributed by atoms with Gasteiger partial charge in [0.2, 0.25) is 0 Å². The predicted octanol–water partition coefficient (Wildman–Crippen LogP) is 4.79. The Labute approximate surface area is 157 Å². The van der Waals surface area contributed by atoms with E-state index >= 15 is 0 Å². The topological polar surface area (TPSA) is 54.0 Å². The van der Waals surface area contributed by atoms with Crippen molar-refractivity contribution in [1.82, 2.24) is 10.3 Å². The number of para-hydroxylation sites is 1. The summed E-state index contributed by atoms with van der Waals surface area (Å²) < 4.78 is 0. The van der Waals surface area contributed by atoms with Gasteiger partial charge >= 0.3 is 0 Å². The molecule has 6 heteroatoms. The highest BCUT2D eigenvalue weighted by Gasteiger charge is 2.23. The van der Waals surface area contributed by atoms with E-state index < -0.39 is 0 Å². The van der Waals surface area contributed by atoms with Crippen molar-refractivity contribution in [2.75, 3.05) is 11.9 Å². The van der Waals surface area contributed by atoms with E-state index in [0.29, 0.717) is 16.5 Å². The van der Waals surface area contributed by atoms with Gasteiger partial charge in [-0.25, -0.2) is 4.98 Å². The average Bonchev–Trinajstić information content (AvgIpc) is 2.64. The van der Waals surface area contributed by atoms with Crippen LogP contribution >= 0.6 is 23.2 Å². The lowest BCUT2D eigenvalue weighted by molar-refractivity contribution is 0.0922. The molecule has 3 rings (SSSR count). The van der Waals surface area contributed by atoms with E-state index in [1.807, 2.05) is 18.2 Å². The van der Waals surface area contributed by atoms with Crippen LogP contribution in [0.3, 0.4) is 0 Å². The maximum absolute atomic E-state index is 12.4. The molecular weight excluding hydrogens is 357 g/mol. The Kier molecular flexibility index (Phi) is 6.16. The number of halogens is 2. The molecule has 1 aliphatic rings. The van der Waals surface area contributed by atoms with E-state index in [9.17, 15) is 4.79 Å². The van der Waals surface area contributed by atoms with Gasteiger partial charge in [-0.05, 0) is 49.8 Å². The van der Waals surface area contributed by atoms with Crippen molar-refractivity contribution >= 4 is 34.8 Å². The zero-order chi connectivity index (χ0) is 17.6. The van der Waals surface area contributed by atoms with Crippen LogP contribution in [-0.2, 0) is 0 Å². The highest BCUT2D eigenvalue weighted by Crippen LogP contribution is 2.26. The zero-order valence-corrected chi connectivity index (χ0v) is 15.4. The van der Waals surface area contributed by atoms with E-state index in [1.54, 1.807) is 0 Å². The fourth-order valence-electron chi connectivity index (χ4n) is 3.18. The van der Waals surface area contributed by atoms with Gasteiger partial charge in [-0.1, -0.05) is 41.4 Å². The highest BCUT2D eigenvalue weighted by atomic mass is 35.5. The van der Waals surface area contributed by atoms with Crippen LogP contribution in [0.1, 0.15) is 36.0 Å². The zero-order valence-electron chi connectivity index (χ0n) is 13.8. The first-order valence-electron chi connectivity index (χ1n) is 8.52. The summed E-state index contributed by atoms with van der Waals surface area (Å²) in [7, 11) is 0. The monoisotopic (exact) mass is 377 g/mol. The third-order valence-electron chi connectivity index (χ3n) is 4.62. The Bertz CT molecular complexity index is 716. The number of nitrogens with one attached hydrogen (secondary N) is 2. The number of amides is 1. The summed E-state index contributed by atoms with van der Waals surface area (Å²) in [6.07, 6.45) is 5.54. The summed E-state index contributed by atoms with van der Waals surface area (Å²) in [6, 6.07) is 11.9. The van der Waals surface area contributed by atoms with Crippen molar-refractivity contribution < 1.29 is 4.79 Å². The maximum atomic E-state index is 12.4. The number of hydrogen-bond acceptors (Lipinski definition) is 3. The first-order valence-corrected chi connectivity index (χ1v) is 9.28. The van der Waals surface area contributed by atoms with E-state index in [1.165, 1.54) is 12.3 Å². The standard InChI is InChI=1S/C19H21Cl2N3O/c20-17-12-23-18(21)10-16(17)19(25)24-15-8-6-13(7-9-15)11-22-14-4-2-1-3-5-14/h1-5,10,12-13,15,22H,6-9,11H2,(H,24,25). The van der Waals surface area contributed by atoms with Gasteiger partial charge in [0.05, 0.1) is 10.6 Å². The molecule has 4 nitrogen and oxygen atoms in total. The molecule has 1 aliphatic carbocycles. The average molecular weight is 378 g/mol. The van der Waals surface area contributed by atoms with E-state index in [0.717, 1.165) is 37.9 Å². The number of aromatic nitrogens is 1. The fraction of sp³-hybridized carbons (Fsp3) is 0.368. The second-order valence-corrected chi connectivity index (χ2v) is 7.22. The fourth-order valence-corrected chi connectivity index (χ4v) is 3.53. The van der Waals surface area contributed by atoms with Gasteiger partial charge in [-0.3, -0.25) is 4.79 Å². The predicted molar refractivity (Wildman–Crippen MR) is 102 cm³/mol. The lowest BCUT2D eigenvalue weighted by atomic mass is 9.86. The van der Waals surface area contributed by atoms with Crippen LogP contribution in [0.25, 0.3) is 0 Å². The second-order valence-electron chi connectivity index (χ2n) is 6.42. The molecule has 1 amide bonds. The Morgan fingerprint density at radius 2 is 1.84 bits per heavy atom. The molecule has 0 aliphatic heterocycles. The number of nitrogens with zero attached hydrogens (tertiary/aromatic N) is 1. The number of hydrogen-bond donors (Lipinski definition) is 2. The largest absolute Gasteiger partial charge is 0.385 e. The van der Waals surface area contributed by atoms with Crippen molar-refractivity contribution in [3.05, 3.63) is 58.3 Å². The lowest BCUT2D eigenvalue weighted by Gasteiger charge is -2.29. The first kappa shape index (κ1) is 18.0. The van der Waals surface area contributed by atoms with Gasteiger partial charge in [0, 0.05) is 24.5 Å². The Morgan fingerprint density at radius 1 is 1.12 bits per heavy atom. The Balaban J connectivity index is 1.46. The van der Waals surface area contributed by atoms with Gasteiger partial charge < -0.3 is 10.6 Å². The van der Waals surface area contributed by atoms with Crippen molar-refractivity contribution in [2.45, 2.75) is 31.7 Å². The molecule has 0 atom stereocenters. The van der Waals surface area contributed by atoms with Crippen LogP contribution in [-0.4, -0.2) is 23.5 Å². The van der Waals surface area contributed by atoms with Crippen molar-refractivity contribution in [3.63, 3.8) is 0 Å². The maximum Gasteiger partial charge on any atom is 0.253 e. The Morgan fingerprint density at radius 3 is 2.56 bits per heavy atom. The summed E-state index contributed by atoms with van der Waals surface area (Å²) >= 11 is 11.9. The number of benzene rings is 1. The van der Waals surface area contributed by atoms with Crippen molar-refractivity contribution in [2.24, 2.45) is 5.92 Å². The van der Waals surface area contributed by atoms with Gasteiger partial charge in [-0.2, -0.15) is 0 Å². The van der Waals surface area contributed by atoms with Crippen LogP contribution in [0.5, 0.6) is 0 Å². The van der Waals surface area contributed by atoms with Gasteiger partial charge in [-0.15, -0.1) is 0 Å². The lowest BCUT2D eigenvalue weighted by Crippen LogP contribution is -2.38. The van der Waals surface area contributed by atoms with E-state index in [2.05, 4.69) is 27.8 Å².